The Bertz CT molecular complexity index is 1100. The molecule has 0 unspecified atom stereocenters. The summed E-state index contributed by atoms with van der Waals surface area (Å²) in [5.74, 6) is 0.700. The summed E-state index contributed by atoms with van der Waals surface area (Å²) in [5, 5.41) is 10.6. The maximum Gasteiger partial charge on any atom is 0.243 e. The molecule has 10 heteroatoms. The number of hydrogen-bond acceptors (Lipinski definition) is 7. The van der Waals surface area contributed by atoms with Crippen molar-refractivity contribution in [1.29, 1.82) is 0 Å². The lowest BCUT2D eigenvalue weighted by atomic mass is 10.2. The van der Waals surface area contributed by atoms with Crippen LogP contribution in [-0.2, 0) is 21.2 Å². The lowest BCUT2D eigenvalue weighted by molar-refractivity contribution is -0.116. The molecule has 0 aliphatic carbocycles. The van der Waals surface area contributed by atoms with Crippen LogP contribution in [0, 0.1) is 0 Å². The van der Waals surface area contributed by atoms with E-state index in [1.807, 2.05) is 16.8 Å². The van der Waals surface area contributed by atoms with Gasteiger partial charge in [0.2, 0.25) is 27.6 Å². The van der Waals surface area contributed by atoms with E-state index in [1.54, 1.807) is 39.9 Å². The zero-order chi connectivity index (χ0) is 21.7. The van der Waals surface area contributed by atoms with Crippen LogP contribution in [0.5, 0.6) is 0 Å². The monoisotopic (exact) mass is 460 g/mol. The second-order valence-electron chi connectivity index (χ2n) is 7.41. The summed E-state index contributed by atoms with van der Waals surface area (Å²) in [4.78, 5) is 16.8. The third-order valence-electron chi connectivity index (χ3n) is 5.15. The molecule has 0 radical (unpaired) electrons. The number of nitrogens with one attached hydrogen (secondary N) is 1. The van der Waals surface area contributed by atoms with Gasteiger partial charge in [0.25, 0.3) is 0 Å². The van der Waals surface area contributed by atoms with Crippen LogP contribution in [0.25, 0.3) is 11.4 Å². The van der Waals surface area contributed by atoms with Gasteiger partial charge in [-0.1, -0.05) is 18.0 Å². The zero-order valence-electron chi connectivity index (χ0n) is 17.0. The maximum atomic E-state index is 12.8. The third-order valence-corrected chi connectivity index (χ3v) is 7.75. The second kappa shape index (κ2) is 9.71. The lowest BCUT2D eigenvalue weighted by Gasteiger charge is -2.20. The van der Waals surface area contributed by atoms with Gasteiger partial charge in [0.05, 0.1) is 4.90 Å². The quantitative estimate of drug-likeness (QED) is 0.573. The van der Waals surface area contributed by atoms with E-state index in [2.05, 4.69) is 15.5 Å². The van der Waals surface area contributed by atoms with Gasteiger partial charge in [0, 0.05) is 42.6 Å². The number of aryl methyl sites for hydroxylation is 1. The number of aromatic nitrogens is 2. The van der Waals surface area contributed by atoms with Crippen LogP contribution in [0.2, 0.25) is 0 Å². The molecule has 31 heavy (non-hydrogen) atoms. The van der Waals surface area contributed by atoms with Gasteiger partial charge < -0.3 is 9.84 Å². The van der Waals surface area contributed by atoms with Crippen LogP contribution >= 0.6 is 11.3 Å². The Morgan fingerprint density at radius 2 is 1.84 bits per heavy atom. The van der Waals surface area contributed by atoms with Gasteiger partial charge in [-0.05, 0) is 48.6 Å². The van der Waals surface area contributed by atoms with Gasteiger partial charge >= 0.3 is 0 Å². The molecule has 1 aromatic carbocycles. The van der Waals surface area contributed by atoms with Gasteiger partial charge in [-0.2, -0.15) is 20.6 Å². The van der Waals surface area contributed by atoms with Crippen molar-refractivity contribution in [1.82, 2.24) is 14.4 Å². The first-order chi connectivity index (χ1) is 15.0. The largest absolute Gasteiger partial charge is 0.339 e. The number of nitrogens with zero attached hydrogens (tertiary/aromatic N) is 3. The number of rotatable bonds is 7. The van der Waals surface area contributed by atoms with Crippen molar-refractivity contribution < 1.29 is 17.7 Å². The Hall–Kier alpha value is -2.56. The molecule has 2 aromatic heterocycles. The molecular formula is C21H24N4O4S2. The Kier molecular flexibility index (Phi) is 6.79. The summed E-state index contributed by atoms with van der Waals surface area (Å²) in [7, 11) is -3.50. The minimum atomic E-state index is -3.50. The van der Waals surface area contributed by atoms with Crippen molar-refractivity contribution in [3.8, 4) is 11.4 Å². The molecule has 4 rings (SSSR count). The molecular weight excluding hydrogens is 436 g/mol. The van der Waals surface area contributed by atoms with Crippen LogP contribution in [-0.4, -0.2) is 41.9 Å². The number of thiophene rings is 1. The summed E-state index contributed by atoms with van der Waals surface area (Å²) in [6.07, 6.45) is 4.42. The first kappa shape index (κ1) is 21.7. The highest BCUT2D eigenvalue weighted by molar-refractivity contribution is 7.89. The Morgan fingerprint density at radius 3 is 2.52 bits per heavy atom. The summed E-state index contributed by atoms with van der Waals surface area (Å²) >= 11 is 1.55. The van der Waals surface area contributed by atoms with Gasteiger partial charge in [0.1, 0.15) is 0 Å². The van der Waals surface area contributed by atoms with E-state index in [4.69, 9.17) is 4.52 Å². The first-order valence-electron chi connectivity index (χ1n) is 10.3. The normalized spacial score (nSPS) is 15.5. The SMILES string of the molecule is O=C(CCc1nc(-c2ccsc2)no1)Nc1ccc(S(=O)(=O)N2CCCCCC2)cc1. The average molecular weight is 461 g/mol. The number of carbonyl (C=O) groups excluding carboxylic acids is 1. The highest BCUT2D eigenvalue weighted by Crippen LogP contribution is 2.22. The minimum absolute atomic E-state index is 0.180. The van der Waals surface area contributed by atoms with Crippen molar-refractivity contribution in [2.24, 2.45) is 0 Å². The van der Waals surface area contributed by atoms with Crippen LogP contribution in [0.1, 0.15) is 38.0 Å². The molecule has 0 saturated carbocycles. The van der Waals surface area contributed by atoms with Crippen LogP contribution < -0.4 is 5.32 Å². The minimum Gasteiger partial charge on any atom is -0.339 e. The van der Waals surface area contributed by atoms with Crippen LogP contribution in [0.15, 0.2) is 50.5 Å². The fraction of sp³-hybridized carbons (Fsp3) is 0.381. The standard InChI is InChI=1S/C21H24N4O4S2/c26-19(9-10-20-23-21(24-29-20)16-11-14-30-15-16)22-17-5-7-18(8-6-17)31(27,28)25-12-3-1-2-4-13-25/h5-8,11,14-15H,1-4,9-10,12-13H2,(H,22,26). The van der Waals surface area contributed by atoms with Gasteiger partial charge in [-0.3, -0.25) is 4.79 Å². The topological polar surface area (TPSA) is 105 Å². The van der Waals surface area contributed by atoms with E-state index < -0.39 is 10.0 Å². The molecule has 1 saturated heterocycles. The molecule has 0 bridgehead atoms. The molecule has 0 spiro atoms. The van der Waals surface area contributed by atoms with Crippen LogP contribution in [0.4, 0.5) is 5.69 Å². The van der Waals surface area contributed by atoms with E-state index in [-0.39, 0.29) is 17.2 Å². The third kappa shape index (κ3) is 5.38. The summed E-state index contributed by atoms with van der Waals surface area (Å²) in [6.45, 7) is 1.12. The van der Waals surface area contributed by atoms with E-state index in [0.717, 1.165) is 31.2 Å². The smallest absolute Gasteiger partial charge is 0.243 e. The number of sulfonamides is 1. The number of hydrogen-bond donors (Lipinski definition) is 1. The molecule has 3 aromatic rings. The van der Waals surface area contributed by atoms with Crippen molar-refractivity contribution in [3.05, 3.63) is 47.0 Å². The van der Waals surface area contributed by atoms with E-state index in [1.165, 1.54) is 0 Å². The van der Waals surface area contributed by atoms with Gasteiger partial charge in [0.15, 0.2) is 0 Å². The fourth-order valence-electron chi connectivity index (χ4n) is 3.45. The van der Waals surface area contributed by atoms with Gasteiger partial charge in [-0.15, -0.1) is 0 Å². The zero-order valence-corrected chi connectivity index (χ0v) is 18.6. The first-order valence-corrected chi connectivity index (χ1v) is 12.7. The molecule has 1 N–H and O–H groups in total. The highest BCUT2D eigenvalue weighted by atomic mass is 32.2. The Balaban J connectivity index is 1.32. The molecule has 1 aliphatic rings. The number of carbonyl (C=O) groups is 1. The summed E-state index contributed by atoms with van der Waals surface area (Å²) in [6, 6.07) is 8.22. The van der Waals surface area contributed by atoms with Crippen molar-refractivity contribution in [3.63, 3.8) is 0 Å². The molecule has 0 atom stereocenters. The highest BCUT2D eigenvalue weighted by Gasteiger charge is 2.25. The van der Waals surface area contributed by atoms with Gasteiger partial charge in [-0.25, -0.2) is 8.42 Å². The van der Waals surface area contributed by atoms with E-state index in [9.17, 15) is 13.2 Å². The maximum absolute atomic E-state index is 12.8. The molecule has 1 aliphatic heterocycles. The number of amides is 1. The summed E-state index contributed by atoms with van der Waals surface area (Å²) < 4.78 is 32.4. The van der Waals surface area contributed by atoms with Crippen molar-refractivity contribution in [2.45, 2.75) is 43.4 Å². The molecule has 1 fully saturated rings. The Labute approximate surface area is 185 Å². The van der Waals surface area contributed by atoms with E-state index >= 15 is 0 Å². The summed E-state index contributed by atoms with van der Waals surface area (Å²) in [5.41, 5.74) is 1.43. The number of benzene rings is 1. The van der Waals surface area contributed by atoms with E-state index in [0.29, 0.717) is 36.9 Å². The predicted molar refractivity (Wildman–Crippen MR) is 118 cm³/mol. The lowest BCUT2D eigenvalue weighted by Crippen LogP contribution is -2.31. The molecule has 164 valence electrons. The molecule has 1 amide bonds. The number of anilines is 1. The molecule has 3 heterocycles. The Morgan fingerprint density at radius 1 is 1.10 bits per heavy atom. The molecule has 8 nitrogen and oxygen atoms in total. The second-order valence-corrected chi connectivity index (χ2v) is 10.1. The average Bonchev–Trinajstić information content (AvgIpc) is 3.39. The predicted octanol–water partition coefficient (Wildman–Crippen LogP) is 3.93. The van der Waals surface area contributed by atoms with Crippen molar-refractivity contribution >= 4 is 33.0 Å². The fourth-order valence-corrected chi connectivity index (χ4v) is 5.60. The van der Waals surface area contributed by atoms with Crippen LogP contribution in [0.3, 0.4) is 0 Å². The van der Waals surface area contributed by atoms with Crippen molar-refractivity contribution in [2.75, 3.05) is 18.4 Å².